The number of methoxy groups -OCH3 is 1. The molecule has 9 heteroatoms. The van der Waals surface area contributed by atoms with Crippen LogP contribution in [0.15, 0.2) is 23.2 Å². The number of carbonyl (C=O) groups excluding carboxylic acids is 1. The summed E-state index contributed by atoms with van der Waals surface area (Å²) in [4.78, 5) is 18.7. The number of halogens is 2. The van der Waals surface area contributed by atoms with E-state index < -0.39 is 6.61 Å². The molecule has 1 fully saturated rings. The van der Waals surface area contributed by atoms with E-state index in [4.69, 9.17) is 4.74 Å². The molecule has 1 heterocycles. The van der Waals surface area contributed by atoms with Crippen LogP contribution in [-0.4, -0.2) is 56.7 Å². The second-order valence-electron chi connectivity index (χ2n) is 7.54. The summed E-state index contributed by atoms with van der Waals surface area (Å²) >= 11 is 0. The maximum Gasteiger partial charge on any atom is 0.387 e. The second-order valence-corrected chi connectivity index (χ2v) is 7.54. The van der Waals surface area contributed by atoms with Gasteiger partial charge in [0, 0.05) is 50.3 Å². The van der Waals surface area contributed by atoms with Crippen LogP contribution in [0.1, 0.15) is 45.1 Å². The Morgan fingerprint density at radius 1 is 1.26 bits per heavy atom. The minimum Gasteiger partial charge on any atom is -0.497 e. The molecule has 0 unspecified atom stereocenters. The van der Waals surface area contributed by atoms with E-state index in [1.807, 2.05) is 4.90 Å². The van der Waals surface area contributed by atoms with Gasteiger partial charge in [0.25, 0.3) is 0 Å². The minimum atomic E-state index is -2.92. The van der Waals surface area contributed by atoms with Gasteiger partial charge >= 0.3 is 6.61 Å². The molecule has 0 radical (unpaired) electrons. The maximum absolute atomic E-state index is 12.7. The largest absolute Gasteiger partial charge is 0.497 e. The number of piperidine rings is 1. The molecule has 2 N–H and O–H groups in total. The summed E-state index contributed by atoms with van der Waals surface area (Å²) < 4.78 is 35.2. The number of nitrogens with one attached hydrogen (secondary N) is 2. The first kappa shape index (κ1) is 24.7. The van der Waals surface area contributed by atoms with Gasteiger partial charge in [0.1, 0.15) is 11.5 Å². The van der Waals surface area contributed by atoms with Crippen LogP contribution in [0.25, 0.3) is 0 Å². The van der Waals surface area contributed by atoms with Crippen LogP contribution in [0.5, 0.6) is 11.5 Å². The summed E-state index contributed by atoms with van der Waals surface area (Å²) in [6.07, 6.45) is 3.39. The Morgan fingerprint density at radius 3 is 2.48 bits per heavy atom. The molecule has 7 nitrogen and oxygen atoms in total. The first-order valence-corrected chi connectivity index (χ1v) is 10.8. The van der Waals surface area contributed by atoms with Crippen LogP contribution < -0.4 is 20.1 Å². The van der Waals surface area contributed by atoms with Gasteiger partial charge in [0.05, 0.1) is 7.11 Å². The molecule has 1 amide bonds. The number of nitrogens with zero attached hydrogens (tertiary/aromatic N) is 2. The molecule has 174 valence electrons. The average Bonchev–Trinajstić information content (AvgIpc) is 2.77. The first-order valence-electron chi connectivity index (χ1n) is 10.8. The van der Waals surface area contributed by atoms with Gasteiger partial charge in [-0.05, 0) is 37.8 Å². The fourth-order valence-electron chi connectivity index (χ4n) is 3.72. The van der Waals surface area contributed by atoms with Crippen LogP contribution >= 0.6 is 0 Å². The van der Waals surface area contributed by atoms with E-state index in [9.17, 15) is 13.6 Å². The molecule has 0 atom stereocenters. The van der Waals surface area contributed by atoms with E-state index >= 15 is 0 Å². The number of likely N-dealkylation sites (tertiary alicyclic amines) is 1. The SMILES string of the molecule is CCC(CC)C(=O)N1CCC(NC(=NC)NCc2ccc(OC)cc2OC(F)F)CC1. The van der Waals surface area contributed by atoms with E-state index in [1.165, 1.54) is 13.2 Å². The highest BCUT2D eigenvalue weighted by molar-refractivity contribution is 5.80. The monoisotopic (exact) mass is 440 g/mol. The highest BCUT2D eigenvalue weighted by Crippen LogP contribution is 2.26. The fourth-order valence-corrected chi connectivity index (χ4v) is 3.72. The Labute approximate surface area is 183 Å². The van der Waals surface area contributed by atoms with Gasteiger partial charge in [-0.3, -0.25) is 9.79 Å². The van der Waals surface area contributed by atoms with Crippen molar-refractivity contribution in [3.05, 3.63) is 23.8 Å². The predicted octanol–water partition coefficient (Wildman–Crippen LogP) is 3.39. The molecular weight excluding hydrogens is 406 g/mol. The molecule has 0 aliphatic carbocycles. The predicted molar refractivity (Wildman–Crippen MR) is 117 cm³/mol. The normalized spacial score (nSPS) is 15.4. The molecule has 0 aromatic heterocycles. The number of benzene rings is 1. The molecule has 0 saturated carbocycles. The third-order valence-electron chi connectivity index (χ3n) is 5.64. The number of carbonyl (C=O) groups is 1. The van der Waals surface area contributed by atoms with Gasteiger partial charge in [-0.1, -0.05) is 13.8 Å². The zero-order valence-electron chi connectivity index (χ0n) is 18.8. The Balaban J connectivity index is 1.89. The Hall–Kier alpha value is -2.58. The lowest BCUT2D eigenvalue weighted by molar-refractivity contribution is -0.136. The van der Waals surface area contributed by atoms with Gasteiger partial charge in [-0.25, -0.2) is 0 Å². The fraction of sp³-hybridized carbons (Fsp3) is 0.636. The first-order chi connectivity index (χ1) is 14.9. The van der Waals surface area contributed by atoms with Crippen molar-refractivity contribution in [2.24, 2.45) is 10.9 Å². The Kier molecular flexibility index (Phi) is 9.81. The molecule has 1 aliphatic rings. The summed E-state index contributed by atoms with van der Waals surface area (Å²) in [6.45, 7) is 2.88. The molecule has 31 heavy (non-hydrogen) atoms. The van der Waals surface area contributed by atoms with E-state index in [1.54, 1.807) is 19.2 Å². The van der Waals surface area contributed by atoms with Crippen LogP contribution in [0.4, 0.5) is 8.78 Å². The van der Waals surface area contributed by atoms with Crippen LogP contribution in [0, 0.1) is 5.92 Å². The summed E-state index contributed by atoms with van der Waals surface area (Å²) in [7, 11) is 3.13. The molecule has 0 spiro atoms. The number of guanidine groups is 1. The van der Waals surface area contributed by atoms with E-state index in [0.717, 1.165) is 38.8 Å². The van der Waals surface area contributed by atoms with Crippen molar-refractivity contribution >= 4 is 11.9 Å². The van der Waals surface area contributed by atoms with Crippen molar-refractivity contribution < 1.29 is 23.0 Å². The van der Waals surface area contributed by atoms with Crippen LogP contribution in [-0.2, 0) is 11.3 Å². The lowest BCUT2D eigenvalue weighted by Gasteiger charge is -2.34. The maximum atomic E-state index is 12.7. The number of rotatable bonds is 9. The number of alkyl halides is 2. The number of aliphatic imine (C=N–C) groups is 1. The summed E-state index contributed by atoms with van der Waals surface area (Å²) in [5.41, 5.74) is 0.564. The van der Waals surface area contributed by atoms with Gasteiger partial charge in [-0.2, -0.15) is 8.78 Å². The van der Waals surface area contributed by atoms with Crippen molar-refractivity contribution in [1.82, 2.24) is 15.5 Å². The molecule has 1 aliphatic heterocycles. The Morgan fingerprint density at radius 2 is 1.94 bits per heavy atom. The van der Waals surface area contributed by atoms with Gasteiger partial charge in [-0.15, -0.1) is 0 Å². The molecule has 2 rings (SSSR count). The Bertz CT molecular complexity index is 733. The van der Waals surface area contributed by atoms with Gasteiger partial charge in [0.15, 0.2) is 5.96 Å². The standard InChI is InChI=1S/C22H34F2N4O3/c1-5-15(6-2)20(29)28-11-9-17(10-12-28)27-22(25-3)26-14-16-7-8-18(30-4)13-19(16)31-21(23)24/h7-8,13,15,17,21H,5-6,9-12,14H2,1-4H3,(H2,25,26,27). The zero-order chi connectivity index (χ0) is 22.8. The van der Waals surface area contributed by atoms with E-state index in [-0.39, 0.29) is 30.2 Å². The molecule has 0 bridgehead atoms. The number of ether oxygens (including phenoxy) is 2. The quantitative estimate of drug-likeness (QED) is 0.455. The van der Waals surface area contributed by atoms with Crippen molar-refractivity contribution in [3.8, 4) is 11.5 Å². The zero-order valence-corrected chi connectivity index (χ0v) is 18.8. The van der Waals surface area contributed by atoms with Crippen LogP contribution in [0.2, 0.25) is 0 Å². The lowest BCUT2D eigenvalue weighted by atomic mass is 9.98. The summed E-state index contributed by atoms with van der Waals surface area (Å²) in [5, 5.41) is 6.51. The van der Waals surface area contributed by atoms with Crippen molar-refractivity contribution in [2.45, 2.75) is 58.7 Å². The third kappa shape index (κ3) is 7.25. The second kappa shape index (κ2) is 12.3. The molecule has 1 aromatic rings. The molecular formula is C22H34F2N4O3. The highest BCUT2D eigenvalue weighted by Gasteiger charge is 2.26. The molecule has 1 aromatic carbocycles. The van der Waals surface area contributed by atoms with E-state index in [0.29, 0.717) is 17.3 Å². The number of amides is 1. The highest BCUT2D eigenvalue weighted by atomic mass is 19.3. The topological polar surface area (TPSA) is 75.2 Å². The number of hydrogen-bond donors (Lipinski definition) is 2. The van der Waals surface area contributed by atoms with Crippen LogP contribution in [0.3, 0.4) is 0 Å². The lowest BCUT2D eigenvalue weighted by Crippen LogP contribution is -2.50. The summed E-state index contributed by atoms with van der Waals surface area (Å²) in [6, 6.07) is 4.99. The van der Waals surface area contributed by atoms with Gasteiger partial charge in [0.2, 0.25) is 5.91 Å². The van der Waals surface area contributed by atoms with Crippen molar-refractivity contribution in [3.63, 3.8) is 0 Å². The van der Waals surface area contributed by atoms with Crippen molar-refractivity contribution in [2.75, 3.05) is 27.2 Å². The molecule has 1 saturated heterocycles. The van der Waals surface area contributed by atoms with Gasteiger partial charge < -0.3 is 25.0 Å². The smallest absolute Gasteiger partial charge is 0.387 e. The third-order valence-corrected chi connectivity index (χ3v) is 5.64. The minimum absolute atomic E-state index is 0.0607. The van der Waals surface area contributed by atoms with E-state index in [2.05, 4.69) is 34.2 Å². The number of hydrogen-bond acceptors (Lipinski definition) is 4. The average molecular weight is 441 g/mol. The summed E-state index contributed by atoms with van der Waals surface area (Å²) in [5.74, 6) is 1.43. The van der Waals surface area contributed by atoms with Crippen molar-refractivity contribution in [1.29, 1.82) is 0 Å².